The summed E-state index contributed by atoms with van der Waals surface area (Å²) in [5.41, 5.74) is 6.94. The molecule has 1 aromatic heterocycles. The van der Waals surface area contributed by atoms with Gasteiger partial charge in [0.1, 0.15) is 10.8 Å². The Labute approximate surface area is 105 Å². The van der Waals surface area contributed by atoms with Crippen molar-refractivity contribution in [1.29, 1.82) is 0 Å². The number of nitrogens with zero attached hydrogens (tertiary/aromatic N) is 1. The van der Waals surface area contributed by atoms with Crippen LogP contribution in [0.1, 0.15) is 37.7 Å². The van der Waals surface area contributed by atoms with Gasteiger partial charge in [-0.3, -0.25) is 4.79 Å². The third-order valence-electron chi connectivity index (χ3n) is 2.72. The smallest absolute Gasteiger partial charge is 0.239 e. The molecule has 94 valence electrons. The van der Waals surface area contributed by atoms with Crippen LogP contribution in [0, 0.1) is 0 Å². The van der Waals surface area contributed by atoms with Crippen molar-refractivity contribution in [2.75, 3.05) is 24.1 Å². The van der Waals surface area contributed by atoms with E-state index in [1.54, 1.807) is 0 Å². The van der Waals surface area contributed by atoms with E-state index in [9.17, 15) is 4.79 Å². The van der Waals surface area contributed by atoms with Gasteiger partial charge < -0.3 is 16.4 Å². The molecule has 5 nitrogen and oxygen atoms in total. The number of carbonyl (C=O) groups excluding carboxylic acids is 1. The van der Waals surface area contributed by atoms with Crippen LogP contribution in [0.3, 0.4) is 0 Å². The van der Waals surface area contributed by atoms with Gasteiger partial charge in [0.05, 0.1) is 6.54 Å². The third-order valence-corrected chi connectivity index (χ3v) is 3.56. The highest BCUT2D eigenvalue weighted by atomic mass is 32.1. The molecule has 1 amide bonds. The number of hydrogen-bond acceptors (Lipinski definition) is 5. The molecule has 2 rings (SSSR count). The van der Waals surface area contributed by atoms with E-state index in [0.29, 0.717) is 18.3 Å². The minimum atomic E-state index is 0.0144. The third kappa shape index (κ3) is 3.09. The van der Waals surface area contributed by atoms with Crippen LogP contribution in [-0.4, -0.2) is 23.4 Å². The van der Waals surface area contributed by atoms with Gasteiger partial charge in [0.15, 0.2) is 0 Å². The summed E-state index contributed by atoms with van der Waals surface area (Å²) in [5.74, 6) is 1.18. The van der Waals surface area contributed by atoms with E-state index in [4.69, 9.17) is 5.73 Å². The van der Waals surface area contributed by atoms with Crippen molar-refractivity contribution in [2.24, 2.45) is 0 Å². The molecule has 0 unspecified atom stereocenters. The van der Waals surface area contributed by atoms with E-state index < -0.39 is 0 Å². The molecule has 0 aromatic carbocycles. The van der Waals surface area contributed by atoms with Crippen LogP contribution in [-0.2, 0) is 4.79 Å². The molecule has 1 aromatic rings. The molecule has 0 saturated heterocycles. The molecule has 0 radical (unpaired) electrons. The Morgan fingerprint density at radius 1 is 1.59 bits per heavy atom. The van der Waals surface area contributed by atoms with E-state index in [1.807, 2.05) is 6.92 Å². The summed E-state index contributed by atoms with van der Waals surface area (Å²) in [6, 6.07) is 0. The standard InChI is InChI=1S/C11H18N4OS/c1-2-5-13-8(16)6-14-11-9(7-3-4-7)10(12)15-17-11/h7,14H,2-6H2,1H3,(H2,12,15)(H,13,16). The van der Waals surface area contributed by atoms with Gasteiger partial charge >= 0.3 is 0 Å². The zero-order valence-electron chi connectivity index (χ0n) is 9.95. The lowest BCUT2D eigenvalue weighted by atomic mass is 10.2. The number of nitrogens with two attached hydrogens (primary N) is 1. The van der Waals surface area contributed by atoms with Gasteiger partial charge in [0.25, 0.3) is 0 Å². The second kappa shape index (κ2) is 5.35. The van der Waals surface area contributed by atoms with Crippen molar-refractivity contribution in [3.8, 4) is 0 Å². The second-order valence-corrected chi connectivity index (χ2v) is 5.06. The van der Waals surface area contributed by atoms with Crippen LogP contribution < -0.4 is 16.4 Å². The number of carbonyl (C=O) groups is 1. The largest absolute Gasteiger partial charge is 0.383 e. The van der Waals surface area contributed by atoms with Crippen molar-refractivity contribution in [2.45, 2.75) is 32.1 Å². The van der Waals surface area contributed by atoms with Crippen LogP contribution in [0.2, 0.25) is 0 Å². The van der Waals surface area contributed by atoms with Gasteiger partial charge in [-0.1, -0.05) is 6.92 Å². The quantitative estimate of drug-likeness (QED) is 0.719. The number of amides is 1. The monoisotopic (exact) mass is 254 g/mol. The van der Waals surface area contributed by atoms with Crippen molar-refractivity contribution < 1.29 is 4.79 Å². The Hall–Kier alpha value is -1.30. The molecular formula is C11H18N4OS. The summed E-state index contributed by atoms with van der Waals surface area (Å²) in [5, 5.41) is 6.91. The molecule has 17 heavy (non-hydrogen) atoms. The van der Waals surface area contributed by atoms with Crippen molar-refractivity contribution >= 4 is 28.3 Å². The lowest BCUT2D eigenvalue weighted by Gasteiger charge is -2.06. The number of aromatic nitrogens is 1. The van der Waals surface area contributed by atoms with Crippen LogP contribution in [0.25, 0.3) is 0 Å². The normalized spacial score (nSPS) is 14.6. The number of hydrogen-bond donors (Lipinski definition) is 3. The van der Waals surface area contributed by atoms with Crippen molar-refractivity contribution in [3.05, 3.63) is 5.56 Å². The van der Waals surface area contributed by atoms with Crippen molar-refractivity contribution in [1.82, 2.24) is 9.69 Å². The fourth-order valence-corrected chi connectivity index (χ4v) is 2.49. The molecule has 1 aliphatic carbocycles. The van der Waals surface area contributed by atoms with Crippen LogP contribution >= 0.6 is 11.5 Å². The van der Waals surface area contributed by atoms with E-state index in [-0.39, 0.29) is 5.91 Å². The average Bonchev–Trinajstić information content (AvgIpc) is 3.08. The molecule has 0 spiro atoms. The Kier molecular flexibility index (Phi) is 3.83. The maximum absolute atomic E-state index is 11.5. The minimum absolute atomic E-state index is 0.0144. The minimum Gasteiger partial charge on any atom is -0.383 e. The SMILES string of the molecule is CCCNC(=O)CNc1snc(N)c1C1CC1. The van der Waals surface area contributed by atoms with Crippen LogP contribution in [0.15, 0.2) is 0 Å². The first kappa shape index (κ1) is 12.2. The molecule has 4 N–H and O–H groups in total. The highest BCUT2D eigenvalue weighted by Gasteiger charge is 2.30. The van der Waals surface area contributed by atoms with Crippen LogP contribution in [0.4, 0.5) is 10.8 Å². The van der Waals surface area contributed by atoms with Gasteiger partial charge in [-0.05, 0) is 36.7 Å². The molecule has 6 heteroatoms. The highest BCUT2D eigenvalue weighted by Crippen LogP contribution is 2.47. The van der Waals surface area contributed by atoms with E-state index >= 15 is 0 Å². The summed E-state index contributed by atoms with van der Waals surface area (Å²) in [7, 11) is 0. The topological polar surface area (TPSA) is 80.0 Å². The van der Waals surface area contributed by atoms with Crippen LogP contribution in [0.5, 0.6) is 0 Å². The zero-order valence-corrected chi connectivity index (χ0v) is 10.8. The number of nitrogens with one attached hydrogen (secondary N) is 2. The molecule has 1 fully saturated rings. The Morgan fingerprint density at radius 2 is 2.35 bits per heavy atom. The number of rotatable bonds is 6. The number of anilines is 2. The lowest BCUT2D eigenvalue weighted by Crippen LogP contribution is -2.30. The summed E-state index contributed by atoms with van der Waals surface area (Å²) >= 11 is 1.34. The van der Waals surface area contributed by atoms with E-state index in [0.717, 1.165) is 23.5 Å². The Balaban J connectivity index is 1.88. The summed E-state index contributed by atoms with van der Waals surface area (Å²) < 4.78 is 4.14. The predicted octanol–water partition coefficient (Wildman–Crippen LogP) is 1.54. The fourth-order valence-electron chi connectivity index (χ4n) is 1.69. The maximum atomic E-state index is 11.5. The van der Waals surface area contributed by atoms with Gasteiger partial charge in [0, 0.05) is 12.1 Å². The molecule has 1 aliphatic rings. The van der Waals surface area contributed by atoms with Gasteiger partial charge in [-0.25, -0.2) is 0 Å². The first-order valence-corrected chi connectivity index (χ1v) is 6.75. The van der Waals surface area contributed by atoms with Crippen molar-refractivity contribution in [3.63, 3.8) is 0 Å². The lowest BCUT2D eigenvalue weighted by molar-refractivity contribution is -0.119. The number of nitrogen functional groups attached to an aromatic ring is 1. The predicted molar refractivity (Wildman–Crippen MR) is 70.3 cm³/mol. The van der Waals surface area contributed by atoms with E-state index in [2.05, 4.69) is 15.0 Å². The Bertz CT molecular complexity index is 400. The average molecular weight is 254 g/mol. The maximum Gasteiger partial charge on any atom is 0.239 e. The highest BCUT2D eigenvalue weighted by molar-refractivity contribution is 7.10. The summed E-state index contributed by atoms with van der Waals surface area (Å²) in [4.78, 5) is 11.5. The first-order valence-electron chi connectivity index (χ1n) is 5.98. The summed E-state index contributed by atoms with van der Waals surface area (Å²) in [6.07, 6.45) is 3.31. The zero-order chi connectivity index (χ0) is 12.3. The van der Waals surface area contributed by atoms with Gasteiger partial charge in [-0.15, -0.1) is 0 Å². The molecule has 0 atom stereocenters. The second-order valence-electron chi connectivity index (χ2n) is 4.29. The van der Waals surface area contributed by atoms with Gasteiger partial charge in [-0.2, -0.15) is 4.37 Å². The Morgan fingerprint density at radius 3 is 3.00 bits per heavy atom. The van der Waals surface area contributed by atoms with Gasteiger partial charge in [0.2, 0.25) is 5.91 Å². The molecular weight excluding hydrogens is 236 g/mol. The molecule has 1 saturated carbocycles. The molecule has 1 heterocycles. The molecule has 0 aliphatic heterocycles. The fraction of sp³-hybridized carbons (Fsp3) is 0.636. The summed E-state index contributed by atoms with van der Waals surface area (Å²) in [6.45, 7) is 3.05. The molecule has 0 bridgehead atoms. The van der Waals surface area contributed by atoms with E-state index in [1.165, 1.54) is 24.4 Å². The first-order chi connectivity index (χ1) is 8.22.